The van der Waals surface area contributed by atoms with Crippen LogP contribution >= 0.6 is 0 Å². The molecule has 0 saturated heterocycles. The molecule has 0 aromatic carbocycles. The molecule has 0 aromatic rings. The van der Waals surface area contributed by atoms with Crippen molar-refractivity contribution in [1.82, 2.24) is 0 Å². The third-order valence-electron chi connectivity index (χ3n) is 11.9. The van der Waals surface area contributed by atoms with E-state index in [9.17, 15) is 14.4 Å². The predicted molar refractivity (Wildman–Crippen MR) is 252 cm³/mol. The first-order valence-electron chi connectivity index (χ1n) is 26.1. The van der Waals surface area contributed by atoms with Crippen molar-refractivity contribution in [3.63, 3.8) is 0 Å². The van der Waals surface area contributed by atoms with Gasteiger partial charge in [0.2, 0.25) is 0 Å². The molecule has 0 rings (SSSR count). The van der Waals surface area contributed by atoms with Gasteiger partial charge in [0.05, 0.1) is 0 Å². The Balaban J connectivity index is 4.31. The zero-order valence-electron chi connectivity index (χ0n) is 40.5. The van der Waals surface area contributed by atoms with Gasteiger partial charge in [0.25, 0.3) is 0 Å². The summed E-state index contributed by atoms with van der Waals surface area (Å²) < 4.78 is 16.8. The molecule has 6 heteroatoms. The Morgan fingerprint density at radius 1 is 0.288 bits per heavy atom. The number of esters is 3. The molecule has 0 fully saturated rings. The average Bonchev–Trinajstić information content (AvgIpc) is 3.19. The van der Waals surface area contributed by atoms with Crippen molar-refractivity contribution in [3.05, 3.63) is 0 Å². The van der Waals surface area contributed by atoms with Crippen LogP contribution in [-0.4, -0.2) is 37.2 Å². The van der Waals surface area contributed by atoms with Gasteiger partial charge in [-0.2, -0.15) is 0 Å². The number of carbonyl (C=O) groups excluding carboxylic acids is 3. The van der Waals surface area contributed by atoms with Crippen molar-refractivity contribution in [3.8, 4) is 0 Å². The van der Waals surface area contributed by atoms with Crippen molar-refractivity contribution in [2.24, 2.45) is 17.8 Å². The van der Waals surface area contributed by atoms with Gasteiger partial charge in [-0.15, -0.1) is 0 Å². The van der Waals surface area contributed by atoms with Crippen LogP contribution in [0.2, 0.25) is 0 Å². The molecular weight excluding hydrogens is 733 g/mol. The fourth-order valence-corrected chi connectivity index (χ4v) is 7.94. The number of hydrogen-bond acceptors (Lipinski definition) is 6. The summed E-state index contributed by atoms with van der Waals surface area (Å²) in [5.74, 6) is 1.61. The van der Waals surface area contributed by atoms with Crippen LogP contribution in [0, 0.1) is 17.8 Å². The van der Waals surface area contributed by atoms with Crippen LogP contribution in [0.5, 0.6) is 0 Å². The summed E-state index contributed by atoms with van der Waals surface area (Å²) in [6.45, 7) is 13.7. The van der Waals surface area contributed by atoms with E-state index in [1.807, 2.05) is 0 Å². The molecule has 0 bridgehead atoms. The van der Waals surface area contributed by atoms with Crippen LogP contribution in [0.25, 0.3) is 0 Å². The van der Waals surface area contributed by atoms with Crippen molar-refractivity contribution in [2.45, 2.75) is 292 Å². The van der Waals surface area contributed by atoms with Crippen molar-refractivity contribution in [2.75, 3.05) is 13.2 Å². The fourth-order valence-electron chi connectivity index (χ4n) is 7.94. The first kappa shape index (κ1) is 57.4. The van der Waals surface area contributed by atoms with Gasteiger partial charge in [0.1, 0.15) is 13.2 Å². The lowest BCUT2D eigenvalue weighted by molar-refractivity contribution is -0.167. The molecule has 59 heavy (non-hydrogen) atoms. The Kier molecular flexibility index (Phi) is 43.3. The van der Waals surface area contributed by atoms with E-state index in [1.165, 1.54) is 167 Å². The standard InChI is InChI=1S/C53H102O6/c1-47(2)39-33-27-21-15-11-7-9-13-17-24-30-36-42-51(54)57-45-50(46-58-52(55)43-37-31-25-20-19-23-29-35-41-49(5)6)59-53(56)44-38-32-26-18-14-10-8-12-16-22-28-34-40-48(3)4/h47-50H,7-46H2,1-6H3/t50-/m1/s1. The molecule has 0 heterocycles. The predicted octanol–water partition coefficient (Wildman–Crippen LogP) is 16.8. The van der Waals surface area contributed by atoms with E-state index in [4.69, 9.17) is 14.2 Å². The summed E-state index contributed by atoms with van der Waals surface area (Å²) in [6, 6.07) is 0. The molecule has 0 N–H and O–H groups in total. The van der Waals surface area contributed by atoms with Crippen LogP contribution in [0.4, 0.5) is 0 Å². The molecule has 0 aliphatic carbocycles. The van der Waals surface area contributed by atoms with Crippen molar-refractivity contribution in [1.29, 1.82) is 0 Å². The number of hydrogen-bond donors (Lipinski definition) is 0. The summed E-state index contributed by atoms with van der Waals surface area (Å²) >= 11 is 0. The Morgan fingerprint density at radius 2 is 0.492 bits per heavy atom. The maximum Gasteiger partial charge on any atom is 0.306 e. The molecule has 0 amide bonds. The molecule has 6 nitrogen and oxygen atoms in total. The quantitative estimate of drug-likeness (QED) is 0.0345. The molecule has 0 unspecified atom stereocenters. The minimum absolute atomic E-state index is 0.0648. The number of ether oxygens (including phenoxy) is 3. The van der Waals surface area contributed by atoms with E-state index in [1.54, 1.807) is 0 Å². The molecule has 1 atom stereocenters. The topological polar surface area (TPSA) is 78.9 Å². The zero-order valence-corrected chi connectivity index (χ0v) is 40.5. The molecule has 0 saturated carbocycles. The van der Waals surface area contributed by atoms with E-state index >= 15 is 0 Å². The second-order valence-electron chi connectivity index (χ2n) is 19.6. The summed E-state index contributed by atoms with van der Waals surface area (Å²) in [5.41, 5.74) is 0. The molecular formula is C53H102O6. The summed E-state index contributed by atoms with van der Waals surface area (Å²) in [7, 11) is 0. The minimum atomic E-state index is -0.763. The van der Waals surface area contributed by atoms with Gasteiger partial charge in [0.15, 0.2) is 6.10 Å². The molecule has 0 radical (unpaired) electrons. The highest BCUT2D eigenvalue weighted by Crippen LogP contribution is 2.18. The molecule has 350 valence electrons. The third-order valence-corrected chi connectivity index (χ3v) is 11.9. The van der Waals surface area contributed by atoms with Crippen LogP contribution in [0.1, 0.15) is 286 Å². The second kappa shape index (κ2) is 44.5. The third kappa shape index (κ3) is 47.3. The normalized spacial score (nSPS) is 12.2. The van der Waals surface area contributed by atoms with Gasteiger partial charge < -0.3 is 14.2 Å². The zero-order chi connectivity index (χ0) is 43.4. The van der Waals surface area contributed by atoms with Crippen LogP contribution in [0.15, 0.2) is 0 Å². The first-order chi connectivity index (χ1) is 28.6. The van der Waals surface area contributed by atoms with E-state index in [-0.39, 0.29) is 31.1 Å². The molecule has 0 aliphatic heterocycles. The van der Waals surface area contributed by atoms with Gasteiger partial charge in [-0.3, -0.25) is 14.4 Å². The van der Waals surface area contributed by atoms with Gasteiger partial charge in [-0.25, -0.2) is 0 Å². The molecule has 0 aliphatic rings. The second-order valence-corrected chi connectivity index (χ2v) is 19.6. The Hall–Kier alpha value is -1.59. The van der Waals surface area contributed by atoms with Gasteiger partial charge in [-0.1, -0.05) is 247 Å². The lowest BCUT2D eigenvalue weighted by Gasteiger charge is -2.18. The maximum atomic E-state index is 12.8. The van der Waals surface area contributed by atoms with Crippen LogP contribution in [-0.2, 0) is 28.6 Å². The lowest BCUT2D eigenvalue weighted by Crippen LogP contribution is -2.30. The first-order valence-corrected chi connectivity index (χ1v) is 26.1. The Morgan fingerprint density at radius 3 is 0.729 bits per heavy atom. The number of unbranched alkanes of at least 4 members (excludes halogenated alkanes) is 29. The smallest absolute Gasteiger partial charge is 0.306 e. The van der Waals surface area contributed by atoms with Gasteiger partial charge in [-0.05, 0) is 37.0 Å². The minimum Gasteiger partial charge on any atom is -0.462 e. The lowest BCUT2D eigenvalue weighted by atomic mass is 10.0. The van der Waals surface area contributed by atoms with E-state index in [0.717, 1.165) is 75.5 Å². The summed E-state index contributed by atoms with van der Waals surface area (Å²) in [4.78, 5) is 37.9. The molecule has 0 spiro atoms. The summed E-state index contributed by atoms with van der Waals surface area (Å²) in [6.07, 6.45) is 43.8. The van der Waals surface area contributed by atoms with Crippen LogP contribution < -0.4 is 0 Å². The maximum absolute atomic E-state index is 12.8. The van der Waals surface area contributed by atoms with E-state index in [2.05, 4.69) is 41.5 Å². The highest BCUT2D eigenvalue weighted by molar-refractivity contribution is 5.71. The fraction of sp³-hybridized carbons (Fsp3) is 0.943. The largest absolute Gasteiger partial charge is 0.462 e. The van der Waals surface area contributed by atoms with E-state index in [0.29, 0.717) is 19.3 Å². The monoisotopic (exact) mass is 835 g/mol. The highest BCUT2D eigenvalue weighted by atomic mass is 16.6. The highest BCUT2D eigenvalue weighted by Gasteiger charge is 2.19. The van der Waals surface area contributed by atoms with E-state index < -0.39 is 6.10 Å². The Bertz CT molecular complexity index is 914. The van der Waals surface area contributed by atoms with Gasteiger partial charge in [0, 0.05) is 19.3 Å². The summed E-state index contributed by atoms with van der Waals surface area (Å²) in [5, 5.41) is 0. The Labute approximate surface area is 368 Å². The van der Waals surface area contributed by atoms with Crippen molar-refractivity contribution >= 4 is 17.9 Å². The van der Waals surface area contributed by atoms with Crippen molar-refractivity contribution < 1.29 is 28.6 Å². The number of carbonyl (C=O) groups is 3. The van der Waals surface area contributed by atoms with Crippen LogP contribution in [0.3, 0.4) is 0 Å². The SMILES string of the molecule is CC(C)CCCCCCCCCCCCCCC(=O)OC[C@H](COC(=O)CCCCCCCCCCC(C)C)OC(=O)CCCCCCCCCCCCCCC(C)C. The average molecular weight is 835 g/mol. The number of rotatable bonds is 46. The molecule has 0 aromatic heterocycles. The van der Waals surface area contributed by atoms with Gasteiger partial charge >= 0.3 is 17.9 Å².